The molecule has 0 spiro atoms. The quantitative estimate of drug-likeness (QED) is 0.921. The van der Waals surface area contributed by atoms with Crippen molar-refractivity contribution in [1.29, 1.82) is 0 Å². The first-order valence-corrected chi connectivity index (χ1v) is 6.50. The van der Waals surface area contributed by atoms with E-state index in [0.29, 0.717) is 6.61 Å². The lowest BCUT2D eigenvalue weighted by molar-refractivity contribution is 0.300. The molecule has 1 aromatic heterocycles. The van der Waals surface area contributed by atoms with Gasteiger partial charge in [0.05, 0.1) is 18.1 Å². The smallest absolute Gasteiger partial charge is 0.144 e. The Morgan fingerprint density at radius 3 is 2.83 bits per heavy atom. The average Bonchev–Trinajstić information content (AvgIpc) is 2.38. The van der Waals surface area contributed by atoms with Crippen LogP contribution in [-0.2, 0) is 6.61 Å². The van der Waals surface area contributed by atoms with Crippen LogP contribution in [0.4, 0.5) is 5.82 Å². The Hall–Kier alpha value is -1.62. The van der Waals surface area contributed by atoms with Crippen LogP contribution in [0.2, 0.25) is 0 Å². The molecule has 0 aliphatic heterocycles. The molecule has 18 heavy (non-hydrogen) atoms. The molecule has 0 saturated heterocycles. The third-order valence-electron chi connectivity index (χ3n) is 2.25. The SMILES string of the molecule is CCNc1cnc(COc2cccc(Br)c2)cn1. The van der Waals surface area contributed by atoms with Gasteiger partial charge in [0.1, 0.15) is 18.2 Å². The van der Waals surface area contributed by atoms with Crippen molar-refractivity contribution in [3.05, 3.63) is 46.8 Å². The minimum atomic E-state index is 0.413. The summed E-state index contributed by atoms with van der Waals surface area (Å²) in [6.07, 6.45) is 3.43. The molecular formula is C13H14BrN3O. The van der Waals surface area contributed by atoms with Crippen LogP contribution in [0.25, 0.3) is 0 Å². The molecule has 4 nitrogen and oxygen atoms in total. The van der Waals surface area contributed by atoms with Crippen LogP contribution in [-0.4, -0.2) is 16.5 Å². The van der Waals surface area contributed by atoms with Gasteiger partial charge in [-0.25, -0.2) is 4.98 Å². The van der Waals surface area contributed by atoms with Crippen molar-refractivity contribution < 1.29 is 4.74 Å². The van der Waals surface area contributed by atoms with Crippen LogP contribution in [0.15, 0.2) is 41.1 Å². The van der Waals surface area contributed by atoms with Gasteiger partial charge in [-0.2, -0.15) is 0 Å². The normalized spacial score (nSPS) is 10.1. The fraction of sp³-hybridized carbons (Fsp3) is 0.231. The number of hydrogen-bond donors (Lipinski definition) is 1. The Morgan fingerprint density at radius 1 is 1.28 bits per heavy atom. The lowest BCUT2D eigenvalue weighted by Gasteiger charge is -2.06. The summed E-state index contributed by atoms with van der Waals surface area (Å²) in [4.78, 5) is 8.51. The largest absolute Gasteiger partial charge is 0.487 e. The molecule has 0 saturated carbocycles. The number of benzene rings is 1. The molecule has 0 fully saturated rings. The summed E-state index contributed by atoms with van der Waals surface area (Å²) in [6.45, 7) is 3.27. The Bertz CT molecular complexity index is 502. The van der Waals surface area contributed by atoms with Crippen molar-refractivity contribution in [1.82, 2.24) is 9.97 Å². The monoisotopic (exact) mass is 307 g/mol. The van der Waals surface area contributed by atoms with Gasteiger partial charge in [-0.1, -0.05) is 22.0 Å². The van der Waals surface area contributed by atoms with E-state index < -0.39 is 0 Å². The molecule has 0 atom stereocenters. The zero-order valence-corrected chi connectivity index (χ0v) is 11.6. The molecule has 0 aliphatic rings. The number of rotatable bonds is 5. The van der Waals surface area contributed by atoms with Crippen LogP contribution in [0.3, 0.4) is 0 Å². The van der Waals surface area contributed by atoms with E-state index >= 15 is 0 Å². The van der Waals surface area contributed by atoms with Crippen LogP contribution < -0.4 is 10.1 Å². The van der Waals surface area contributed by atoms with Gasteiger partial charge in [-0.05, 0) is 25.1 Å². The van der Waals surface area contributed by atoms with E-state index in [-0.39, 0.29) is 0 Å². The van der Waals surface area contributed by atoms with Gasteiger partial charge >= 0.3 is 0 Å². The predicted octanol–water partition coefficient (Wildman–Crippen LogP) is 3.25. The average molecular weight is 308 g/mol. The summed E-state index contributed by atoms with van der Waals surface area (Å²) >= 11 is 3.40. The molecule has 5 heteroatoms. The Labute approximate surface area is 115 Å². The van der Waals surface area contributed by atoms with Gasteiger partial charge in [0, 0.05) is 11.0 Å². The standard InChI is InChI=1S/C13H14BrN3O/c1-2-15-13-8-16-11(7-17-13)9-18-12-5-3-4-10(14)6-12/h3-8H,2,9H2,1H3,(H,15,17). The van der Waals surface area contributed by atoms with Crippen molar-refractivity contribution in [3.63, 3.8) is 0 Å². The maximum Gasteiger partial charge on any atom is 0.144 e. The number of nitrogens with one attached hydrogen (secondary N) is 1. The molecule has 0 aliphatic carbocycles. The van der Waals surface area contributed by atoms with Crippen molar-refractivity contribution >= 4 is 21.7 Å². The first-order valence-electron chi connectivity index (χ1n) is 5.71. The first kappa shape index (κ1) is 12.8. The topological polar surface area (TPSA) is 47.0 Å². The molecule has 1 N–H and O–H groups in total. The zero-order chi connectivity index (χ0) is 12.8. The van der Waals surface area contributed by atoms with Gasteiger partial charge in [0.15, 0.2) is 0 Å². The number of aromatic nitrogens is 2. The lowest BCUT2D eigenvalue weighted by atomic mass is 10.3. The van der Waals surface area contributed by atoms with Gasteiger partial charge in [-0.3, -0.25) is 4.98 Å². The maximum atomic E-state index is 5.62. The van der Waals surface area contributed by atoms with E-state index in [1.165, 1.54) is 0 Å². The van der Waals surface area contributed by atoms with Gasteiger partial charge < -0.3 is 10.1 Å². The van der Waals surface area contributed by atoms with Crippen molar-refractivity contribution in [2.75, 3.05) is 11.9 Å². The van der Waals surface area contributed by atoms with E-state index in [1.807, 2.05) is 31.2 Å². The summed E-state index contributed by atoms with van der Waals surface area (Å²) in [7, 11) is 0. The number of nitrogens with zero attached hydrogens (tertiary/aromatic N) is 2. The van der Waals surface area contributed by atoms with Gasteiger partial charge in [0.25, 0.3) is 0 Å². The van der Waals surface area contributed by atoms with Crippen molar-refractivity contribution in [3.8, 4) is 5.75 Å². The minimum absolute atomic E-state index is 0.413. The maximum absolute atomic E-state index is 5.62. The number of ether oxygens (including phenoxy) is 1. The molecule has 2 aromatic rings. The summed E-state index contributed by atoms with van der Waals surface area (Å²) in [5, 5.41) is 3.10. The Balaban J connectivity index is 1.93. The fourth-order valence-corrected chi connectivity index (χ4v) is 1.79. The van der Waals surface area contributed by atoms with Crippen molar-refractivity contribution in [2.45, 2.75) is 13.5 Å². The Kier molecular flexibility index (Phi) is 4.52. The number of hydrogen-bond acceptors (Lipinski definition) is 4. The zero-order valence-electron chi connectivity index (χ0n) is 10.1. The third-order valence-corrected chi connectivity index (χ3v) is 2.74. The predicted molar refractivity (Wildman–Crippen MR) is 74.7 cm³/mol. The molecule has 0 amide bonds. The number of halogens is 1. The lowest BCUT2D eigenvalue weighted by Crippen LogP contribution is -2.03. The second-order valence-electron chi connectivity index (χ2n) is 3.67. The molecule has 0 unspecified atom stereocenters. The van der Waals surface area contributed by atoms with E-state index in [9.17, 15) is 0 Å². The van der Waals surface area contributed by atoms with E-state index in [0.717, 1.165) is 28.3 Å². The molecule has 2 rings (SSSR count). The molecule has 94 valence electrons. The Morgan fingerprint density at radius 2 is 2.17 bits per heavy atom. The van der Waals surface area contributed by atoms with Crippen LogP contribution in [0, 0.1) is 0 Å². The van der Waals surface area contributed by atoms with Gasteiger partial charge in [-0.15, -0.1) is 0 Å². The van der Waals surface area contributed by atoms with Crippen molar-refractivity contribution in [2.24, 2.45) is 0 Å². The highest BCUT2D eigenvalue weighted by molar-refractivity contribution is 9.10. The summed E-state index contributed by atoms with van der Waals surface area (Å²) in [5.74, 6) is 1.59. The fourth-order valence-electron chi connectivity index (χ4n) is 1.42. The highest BCUT2D eigenvalue weighted by Crippen LogP contribution is 2.18. The highest BCUT2D eigenvalue weighted by Gasteiger charge is 1.99. The van der Waals surface area contributed by atoms with Gasteiger partial charge in [0.2, 0.25) is 0 Å². The molecule has 0 radical (unpaired) electrons. The highest BCUT2D eigenvalue weighted by atomic mass is 79.9. The minimum Gasteiger partial charge on any atom is -0.487 e. The summed E-state index contributed by atoms with van der Waals surface area (Å²) in [6, 6.07) is 7.71. The van der Waals surface area contributed by atoms with Crippen LogP contribution in [0.1, 0.15) is 12.6 Å². The van der Waals surface area contributed by atoms with E-state index in [4.69, 9.17) is 4.74 Å². The second-order valence-corrected chi connectivity index (χ2v) is 4.59. The molecule has 1 aromatic carbocycles. The molecular weight excluding hydrogens is 294 g/mol. The molecule has 1 heterocycles. The second kappa shape index (κ2) is 6.35. The summed E-state index contributed by atoms with van der Waals surface area (Å²) < 4.78 is 6.61. The molecule has 0 bridgehead atoms. The van der Waals surface area contributed by atoms with E-state index in [2.05, 4.69) is 31.2 Å². The van der Waals surface area contributed by atoms with Crippen LogP contribution >= 0.6 is 15.9 Å². The third kappa shape index (κ3) is 3.70. The first-order chi connectivity index (χ1) is 8.78. The summed E-state index contributed by atoms with van der Waals surface area (Å²) in [5.41, 5.74) is 0.802. The van der Waals surface area contributed by atoms with Crippen LogP contribution in [0.5, 0.6) is 5.75 Å². The number of anilines is 1. The van der Waals surface area contributed by atoms with E-state index in [1.54, 1.807) is 12.4 Å².